The smallest absolute Gasteiger partial charge is 0.274 e. The monoisotopic (exact) mass is 456 g/mol. The summed E-state index contributed by atoms with van der Waals surface area (Å²) in [4.78, 5) is 35.2. The van der Waals surface area contributed by atoms with Gasteiger partial charge in [0.25, 0.3) is 5.91 Å². The third-order valence-corrected chi connectivity index (χ3v) is 7.04. The van der Waals surface area contributed by atoms with E-state index in [9.17, 15) is 9.59 Å². The fraction of sp³-hybridized carbons (Fsp3) is 0.333. The second-order valence-corrected chi connectivity index (χ2v) is 9.02. The summed E-state index contributed by atoms with van der Waals surface area (Å²) >= 11 is 0. The Hall–Kier alpha value is -3.58. The summed E-state index contributed by atoms with van der Waals surface area (Å²) in [6.45, 7) is 3.17. The predicted octanol–water partition coefficient (Wildman–Crippen LogP) is 3.43. The Morgan fingerprint density at radius 1 is 1.06 bits per heavy atom. The van der Waals surface area contributed by atoms with Crippen LogP contribution in [-0.2, 0) is 21.6 Å². The minimum Gasteiger partial charge on any atom is -0.370 e. The van der Waals surface area contributed by atoms with Crippen molar-refractivity contribution >= 4 is 11.8 Å². The zero-order valence-electron chi connectivity index (χ0n) is 19.2. The number of hydrogen-bond acceptors (Lipinski definition) is 5. The van der Waals surface area contributed by atoms with E-state index >= 15 is 0 Å². The normalized spacial score (nSPS) is 20.7. The average Bonchev–Trinajstić information content (AvgIpc) is 3.12. The summed E-state index contributed by atoms with van der Waals surface area (Å²) < 4.78 is 6.62. The van der Waals surface area contributed by atoms with Gasteiger partial charge in [-0.2, -0.15) is 0 Å². The second kappa shape index (κ2) is 9.35. The molecule has 2 aliphatic rings. The topological polar surface area (TPSA) is 84.4 Å². The molecule has 2 heterocycles. The van der Waals surface area contributed by atoms with Crippen molar-refractivity contribution in [1.82, 2.24) is 20.2 Å². The second-order valence-electron chi connectivity index (χ2n) is 9.02. The zero-order valence-corrected chi connectivity index (χ0v) is 19.2. The fourth-order valence-corrected chi connectivity index (χ4v) is 5.48. The molecule has 2 aromatic carbocycles. The van der Waals surface area contributed by atoms with Gasteiger partial charge in [0, 0.05) is 37.8 Å². The van der Waals surface area contributed by atoms with Gasteiger partial charge in [0.05, 0.1) is 24.9 Å². The van der Waals surface area contributed by atoms with Crippen LogP contribution in [0.5, 0.6) is 0 Å². The van der Waals surface area contributed by atoms with E-state index in [1.807, 2.05) is 47.4 Å². The molecular formula is C27H28N4O3. The van der Waals surface area contributed by atoms with Crippen molar-refractivity contribution in [3.8, 4) is 0 Å². The number of nitrogens with zero attached hydrogens (tertiary/aromatic N) is 3. The molecule has 1 fully saturated rings. The third kappa shape index (κ3) is 4.07. The first-order valence-corrected chi connectivity index (χ1v) is 11.7. The largest absolute Gasteiger partial charge is 0.370 e. The SMILES string of the molecule is CC(=O)N[C@@H]1c2ccccc2C2(CCN(C(=O)c3cnccn3)CC2)[C@H]1OCc1ccccc1. The molecule has 1 spiro atoms. The minimum atomic E-state index is -0.294. The molecule has 2 amide bonds. The molecule has 0 saturated carbocycles. The van der Waals surface area contributed by atoms with Gasteiger partial charge in [-0.05, 0) is 29.5 Å². The summed E-state index contributed by atoms with van der Waals surface area (Å²) in [6, 6.07) is 18.1. The third-order valence-electron chi connectivity index (χ3n) is 7.04. The van der Waals surface area contributed by atoms with Crippen molar-refractivity contribution in [2.24, 2.45) is 0 Å². The van der Waals surface area contributed by atoms with Crippen LogP contribution in [-0.4, -0.2) is 45.9 Å². The lowest BCUT2D eigenvalue weighted by atomic mass is 9.71. The van der Waals surface area contributed by atoms with E-state index in [0.29, 0.717) is 25.4 Å². The standard InChI is InChI=1S/C27H28N4O3/c1-19(32)30-24-21-9-5-6-10-22(21)27(25(24)34-18-20-7-3-2-4-8-20)11-15-31(16-12-27)26(33)23-17-28-13-14-29-23/h2-10,13-14,17,24-25H,11-12,15-16,18H2,1H3,(H,30,32)/t24-,25+/m1/s1. The molecule has 0 radical (unpaired) electrons. The Morgan fingerprint density at radius 3 is 2.50 bits per heavy atom. The van der Waals surface area contributed by atoms with Crippen LogP contribution in [0.2, 0.25) is 0 Å². The number of aromatic nitrogens is 2. The number of benzene rings is 2. The van der Waals surface area contributed by atoms with Gasteiger partial charge in [-0.25, -0.2) is 4.98 Å². The van der Waals surface area contributed by atoms with Crippen molar-refractivity contribution < 1.29 is 14.3 Å². The van der Waals surface area contributed by atoms with Crippen molar-refractivity contribution in [2.75, 3.05) is 13.1 Å². The fourth-order valence-electron chi connectivity index (χ4n) is 5.48. The van der Waals surface area contributed by atoms with E-state index in [4.69, 9.17) is 4.74 Å². The zero-order chi connectivity index (χ0) is 23.5. The average molecular weight is 457 g/mol. The van der Waals surface area contributed by atoms with E-state index in [-0.39, 0.29) is 29.4 Å². The molecule has 174 valence electrons. The lowest BCUT2D eigenvalue weighted by Gasteiger charge is -2.44. The highest BCUT2D eigenvalue weighted by atomic mass is 16.5. The van der Waals surface area contributed by atoms with E-state index in [1.165, 1.54) is 18.0 Å². The van der Waals surface area contributed by atoms with Crippen LogP contribution in [0.1, 0.15) is 53.0 Å². The number of carbonyl (C=O) groups excluding carboxylic acids is 2. The van der Waals surface area contributed by atoms with Gasteiger partial charge in [0.2, 0.25) is 5.91 Å². The van der Waals surface area contributed by atoms with Crippen LogP contribution >= 0.6 is 0 Å². The number of likely N-dealkylation sites (tertiary alicyclic amines) is 1. The van der Waals surface area contributed by atoms with Crippen molar-refractivity contribution in [2.45, 2.75) is 43.9 Å². The van der Waals surface area contributed by atoms with Gasteiger partial charge in [0.15, 0.2) is 0 Å². The maximum absolute atomic E-state index is 13.0. The highest BCUT2D eigenvalue weighted by Crippen LogP contribution is 2.52. The molecule has 34 heavy (non-hydrogen) atoms. The van der Waals surface area contributed by atoms with Crippen LogP contribution in [0.15, 0.2) is 73.2 Å². The van der Waals surface area contributed by atoms with Crippen LogP contribution < -0.4 is 5.32 Å². The van der Waals surface area contributed by atoms with Crippen LogP contribution in [0.3, 0.4) is 0 Å². The lowest BCUT2D eigenvalue weighted by molar-refractivity contribution is -0.122. The van der Waals surface area contributed by atoms with Crippen LogP contribution in [0.25, 0.3) is 0 Å². The summed E-state index contributed by atoms with van der Waals surface area (Å²) in [7, 11) is 0. The first kappa shape index (κ1) is 22.2. The van der Waals surface area contributed by atoms with E-state index < -0.39 is 0 Å². The first-order chi connectivity index (χ1) is 16.6. The van der Waals surface area contributed by atoms with E-state index in [1.54, 1.807) is 13.1 Å². The van der Waals surface area contributed by atoms with Gasteiger partial charge >= 0.3 is 0 Å². The molecule has 7 heteroatoms. The quantitative estimate of drug-likeness (QED) is 0.636. The first-order valence-electron chi connectivity index (χ1n) is 11.7. The highest BCUT2D eigenvalue weighted by molar-refractivity contribution is 5.92. The van der Waals surface area contributed by atoms with E-state index in [2.05, 4.69) is 27.4 Å². The molecule has 1 aromatic heterocycles. The molecule has 7 nitrogen and oxygen atoms in total. The minimum absolute atomic E-state index is 0.0829. The maximum atomic E-state index is 13.0. The Balaban J connectivity index is 1.44. The molecule has 1 N–H and O–H groups in total. The van der Waals surface area contributed by atoms with Crippen molar-refractivity contribution in [3.05, 3.63) is 95.6 Å². The van der Waals surface area contributed by atoms with Crippen LogP contribution in [0, 0.1) is 0 Å². The maximum Gasteiger partial charge on any atom is 0.274 e. The van der Waals surface area contributed by atoms with E-state index in [0.717, 1.165) is 24.0 Å². The van der Waals surface area contributed by atoms with Gasteiger partial charge in [-0.15, -0.1) is 0 Å². The summed E-state index contributed by atoms with van der Waals surface area (Å²) in [6.07, 6.45) is 5.86. The number of rotatable bonds is 5. The number of ether oxygens (including phenoxy) is 1. The molecule has 1 aliphatic carbocycles. The molecule has 1 saturated heterocycles. The summed E-state index contributed by atoms with van der Waals surface area (Å²) in [5, 5.41) is 3.15. The number of amides is 2. The van der Waals surface area contributed by atoms with Gasteiger partial charge in [-0.1, -0.05) is 54.6 Å². The summed E-state index contributed by atoms with van der Waals surface area (Å²) in [5.41, 5.74) is 3.46. The molecule has 1 aliphatic heterocycles. The Morgan fingerprint density at radius 2 is 1.79 bits per heavy atom. The Kier molecular flexibility index (Phi) is 6.11. The molecule has 0 bridgehead atoms. The predicted molar refractivity (Wildman–Crippen MR) is 127 cm³/mol. The number of fused-ring (bicyclic) bond motifs is 2. The number of carbonyl (C=O) groups is 2. The number of nitrogens with one attached hydrogen (secondary N) is 1. The molecule has 5 rings (SSSR count). The summed E-state index contributed by atoms with van der Waals surface area (Å²) in [5.74, 6) is -0.185. The van der Waals surface area contributed by atoms with Gasteiger partial charge in [0.1, 0.15) is 5.69 Å². The van der Waals surface area contributed by atoms with Gasteiger partial charge in [-0.3, -0.25) is 14.6 Å². The van der Waals surface area contributed by atoms with Crippen molar-refractivity contribution in [1.29, 1.82) is 0 Å². The Bertz CT molecular complexity index is 1160. The number of piperidine rings is 1. The number of hydrogen-bond donors (Lipinski definition) is 1. The van der Waals surface area contributed by atoms with Gasteiger partial charge < -0.3 is 15.0 Å². The highest BCUT2D eigenvalue weighted by Gasteiger charge is 2.54. The van der Waals surface area contributed by atoms with Crippen LogP contribution in [0.4, 0.5) is 0 Å². The van der Waals surface area contributed by atoms with Crippen molar-refractivity contribution in [3.63, 3.8) is 0 Å². The molecule has 3 aromatic rings. The molecule has 0 unspecified atom stereocenters. The molecule has 2 atom stereocenters. The Labute approximate surface area is 199 Å². The molecular weight excluding hydrogens is 428 g/mol. The lowest BCUT2D eigenvalue weighted by Crippen LogP contribution is -2.52.